The van der Waals surface area contributed by atoms with Gasteiger partial charge in [0.1, 0.15) is 17.2 Å². The lowest BCUT2D eigenvalue weighted by Gasteiger charge is -2.30. The lowest BCUT2D eigenvalue weighted by atomic mass is 9.95. The Balaban J connectivity index is 1.89. The Morgan fingerprint density at radius 1 is 1.03 bits per heavy atom. The molecule has 1 aliphatic rings. The third-order valence-corrected chi connectivity index (χ3v) is 5.80. The zero-order valence-corrected chi connectivity index (χ0v) is 18.8. The molecule has 8 nitrogen and oxygen atoms in total. The molecule has 168 valence electrons. The summed E-state index contributed by atoms with van der Waals surface area (Å²) in [4.78, 5) is 15.2. The number of carbonyl (C=O) groups is 1. The Labute approximate surface area is 187 Å². The summed E-state index contributed by atoms with van der Waals surface area (Å²) >= 11 is 0. The van der Waals surface area contributed by atoms with Crippen LogP contribution in [0.25, 0.3) is 11.3 Å². The number of methoxy groups -OCH3 is 4. The second-order valence-electron chi connectivity index (χ2n) is 7.60. The summed E-state index contributed by atoms with van der Waals surface area (Å²) in [5.74, 6) is 1.11. The van der Waals surface area contributed by atoms with E-state index in [1.165, 1.54) is 0 Å². The van der Waals surface area contributed by atoms with Gasteiger partial charge in [0.05, 0.1) is 32.5 Å². The first-order chi connectivity index (χ1) is 15.5. The summed E-state index contributed by atoms with van der Waals surface area (Å²) in [6, 6.07) is 13.2. The molecular formula is C24H27N3O5. The molecule has 8 heteroatoms. The molecule has 0 saturated carbocycles. The SMILES string of the molecule is COc1ccc(C2c3c(-c4ccc(C)cc4)n[nH]c3C(=O)N2CC(OC)OC)c(OC)c1. The number of nitrogens with one attached hydrogen (secondary N) is 1. The maximum Gasteiger partial charge on any atom is 0.273 e. The van der Waals surface area contributed by atoms with Gasteiger partial charge in [-0.1, -0.05) is 29.8 Å². The summed E-state index contributed by atoms with van der Waals surface area (Å²) in [7, 11) is 6.31. The quantitative estimate of drug-likeness (QED) is 0.543. The molecule has 1 N–H and O–H groups in total. The molecule has 0 saturated heterocycles. The Bertz CT molecular complexity index is 1110. The van der Waals surface area contributed by atoms with E-state index in [0.29, 0.717) is 17.2 Å². The smallest absolute Gasteiger partial charge is 0.273 e. The molecule has 2 aromatic carbocycles. The van der Waals surface area contributed by atoms with Gasteiger partial charge >= 0.3 is 0 Å². The molecule has 0 aliphatic carbocycles. The van der Waals surface area contributed by atoms with Crippen LogP contribution in [0, 0.1) is 6.92 Å². The topological polar surface area (TPSA) is 85.9 Å². The van der Waals surface area contributed by atoms with Gasteiger partial charge in [-0.15, -0.1) is 0 Å². The van der Waals surface area contributed by atoms with Crippen molar-refractivity contribution in [1.82, 2.24) is 15.1 Å². The normalized spacial score (nSPS) is 15.4. The average Bonchev–Trinajstić information content (AvgIpc) is 3.36. The maximum atomic E-state index is 13.4. The number of nitrogens with zero attached hydrogens (tertiary/aromatic N) is 2. The predicted octanol–water partition coefficient (Wildman–Crippen LogP) is 3.57. The highest BCUT2D eigenvalue weighted by molar-refractivity contribution is 6.00. The van der Waals surface area contributed by atoms with Gasteiger partial charge in [-0.2, -0.15) is 5.10 Å². The number of fused-ring (bicyclic) bond motifs is 1. The Morgan fingerprint density at radius 2 is 1.75 bits per heavy atom. The molecule has 1 atom stereocenters. The van der Waals surface area contributed by atoms with Crippen LogP contribution in [0.1, 0.15) is 33.2 Å². The minimum Gasteiger partial charge on any atom is -0.497 e. The number of benzene rings is 2. The first-order valence-corrected chi connectivity index (χ1v) is 10.3. The van der Waals surface area contributed by atoms with Gasteiger partial charge in [0.25, 0.3) is 5.91 Å². The number of hydrogen-bond donors (Lipinski definition) is 1. The number of hydrogen-bond acceptors (Lipinski definition) is 6. The van der Waals surface area contributed by atoms with E-state index in [2.05, 4.69) is 10.2 Å². The van der Waals surface area contributed by atoms with Gasteiger partial charge in [-0.3, -0.25) is 9.89 Å². The van der Waals surface area contributed by atoms with E-state index in [1.807, 2.05) is 49.4 Å². The van der Waals surface area contributed by atoms with Gasteiger partial charge in [-0.05, 0) is 19.1 Å². The number of aryl methyl sites for hydroxylation is 1. The van der Waals surface area contributed by atoms with Crippen LogP contribution in [0.5, 0.6) is 11.5 Å². The number of H-pyrrole nitrogens is 1. The van der Waals surface area contributed by atoms with Crippen LogP contribution < -0.4 is 9.47 Å². The van der Waals surface area contributed by atoms with Gasteiger partial charge < -0.3 is 23.8 Å². The van der Waals surface area contributed by atoms with E-state index in [0.717, 1.165) is 27.9 Å². The molecule has 0 bridgehead atoms. The Morgan fingerprint density at radius 3 is 2.38 bits per heavy atom. The molecule has 0 radical (unpaired) electrons. The Kier molecular flexibility index (Phi) is 6.16. The van der Waals surface area contributed by atoms with Crippen molar-refractivity contribution < 1.29 is 23.7 Å². The molecule has 0 spiro atoms. The van der Waals surface area contributed by atoms with Gasteiger partial charge in [0.2, 0.25) is 0 Å². The second-order valence-corrected chi connectivity index (χ2v) is 7.60. The fourth-order valence-electron chi connectivity index (χ4n) is 4.09. The molecule has 1 amide bonds. The van der Waals surface area contributed by atoms with Crippen molar-refractivity contribution in [3.8, 4) is 22.8 Å². The standard InChI is InChI=1S/C24H27N3O5/c1-14-6-8-15(9-7-14)21-20-22(26-25-21)24(28)27(13-19(31-4)32-5)23(20)17-11-10-16(29-2)12-18(17)30-3/h6-12,19,23H,13H2,1-5H3,(H,25,26). The van der Waals surface area contributed by atoms with Crippen LogP contribution in [-0.2, 0) is 9.47 Å². The van der Waals surface area contributed by atoms with Crippen molar-refractivity contribution in [2.24, 2.45) is 0 Å². The van der Waals surface area contributed by atoms with Crippen molar-refractivity contribution in [2.75, 3.05) is 35.0 Å². The summed E-state index contributed by atoms with van der Waals surface area (Å²) < 4.78 is 21.8. The number of aromatic amines is 1. The van der Waals surface area contributed by atoms with E-state index in [4.69, 9.17) is 18.9 Å². The summed E-state index contributed by atoms with van der Waals surface area (Å²) in [6.07, 6.45) is -0.578. The van der Waals surface area contributed by atoms with Crippen LogP contribution in [0.3, 0.4) is 0 Å². The fourth-order valence-corrected chi connectivity index (χ4v) is 4.09. The molecule has 1 unspecified atom stereocenters. The zero-order chi connectivity index (χ0) is 22.8. The minimum absolute atomic E-state index is 0.173. The van der Waals surface area contributed by atoms with Gasteiger partial charge in [-0.25, -0.2) is 0 Å². The Hall–Kier alpha value is -3.36. The maximum absolute atomic E-state index is 13.4. The van der Waals surface area contributed by atoms with Crippen LogP contribution in [0.15, 0.2) is 42.5 Å². The van der Waals surface area contributed by atoms with Crippen molar-refractivity contribution in [1.29, 1.82) is 0 Å². The highest BCUT2D eigenvalue weighted by Crippen LogP contribution is 2.46. The van der Waals surface area contributed by atoms with Crippen molar-refractivity contribution in [3.63, 3.8) is 0 Å². The average molecular weight is 437 g/mol. The number of aromatic nitrogens is 2. The summed E-state index contributed by atoms with van der Waals surface area (Å²) in [5.41, 5.74) is 4.87. The third-order valence-electron chi connectivity index (χ3n) is 5.80. The molecular weight excluding hydrogens is 410 g/mol. The predicted molar refractivity (Wildman–Crippen MR) is 119 cm³/mol. The molecule has 3 aromatic rings. The summed E-state index contributed by atoms with van der Waals surface area (Å²) in [5, 5.41) is 7.47. The third kappa shape index (κ3) is 3.72. The molecule has 1 aliphatic heterocycles. The first kappa shape index (κ1) is 21.9. The molecule has 4 rings (SSSR count). The van der Waals surface area contributed by atoms with Crippen LogP contribution in [0.2, 0.25) is 0 Å². The molecule has 0 fully saturated rings. The second kappa shape index (κ2) is 9.02. The molecule has 2 heterocycles. The van der Waals surface area contributed by atoms with E-state index >= 15 is 0 Å². The highest BCUT2D eigenvalue weighted by Gasteiger charge is 2.44. The monoisotopic (exact) mass is 437 g/mol. The summed E-state index contributed by atoms with van der Waals surface area (Å²) in [6.45, 7) is 2.27. The number of amides is 1. The van der Waals surface area contributed by atoms with E-state index in [9.17, 15) is 4.79 Å². The van der Waals surface area contributed by atoms with E-state index in [1.54, 1.807) is 33.3 Å². The number of carbonyl (C=O) groups excluding carboxylic acids is 1. The van der Waals surface area contributed by atoms with Crippen LogP contribution in [-0.4, -0.2) is 62.3 Å². The highest BCUT2D eigenvalue weighted by atomic mass is 16.7. The number of ether oxygens (including phenoxy) is 4. The van der Waals surface area contributed by atoms with Gasteiger partial charge in [0.15, 0.2) is 6.29 Å². The zero-order valence-electron chi connectivity index (χ0n) is 18.8. The fraction of sp³-hybridized carbons (Fsp3) is 0.333. The van der Waals surface area contributed by atoms with Crippen molar-refractivity contribution in [3.05, 3.63) is 64.8 Å². The van der Waals surface area contributed by atoms with Crippen LogP contribution >= 0.6 is 0 Å². The minimum atomic E-state index is -0.578. The van der Waals surface area contributed by atoms with Crippen molar-refractivity contribution >= 4 is 5.91 Å². The lowest BCUT2D eigenvalue weighted by Crippen LogP contribution is -2.38. The van der Waals surface area contributed by atoms with E-state index in [-0.39, 0.29) is 12.5 Å². The molecule has 32 heavy (non-hydrogen) atoms. The number of rotatable bonds is 8. The molecule has 1 aromatic heterocycles. The van der Waals surface area contributed by atoms with Gasteiger partial charge in [0, 0.05) is 37.0 Å². The van der Waals surface area contributed by atoms with Crippen LogP contribution in [0.4, 0.5) is 0 Å². The first-order valence-electron chi connectivity index (χ1n) is 10.3. The van der Waals surface area contributed by atoms with E-state index < -0.39 is 12.3 Å². The lowest BCUT2D eigenvalue weighted by molar-refractivity contribution is -0.113. The van der Waals surface area contributed by atoms with Crippen molar-refractivity contribution in [2.45, 2.75) is 19.3 Å². The largest absolute Gasteiger partial charge is 0.497 e.